The maximum absolute atomic E-state index is 13.4. The van der Waals surface area contributed by atoms with E-state index in [0.29, 0.717) is 33.1 Å². The van der Waals surface area contributed by atoms with Gasteiger partial charge < -0.3 is 14.5 Å². The van der Waals surface area contributed by atoms with E-state index in [2.05, 4.69) is 10.1 Å². The number of pyridine rings is 1. The maximum atomic E-state index is 13.4. The predicted molar refractivity (Wildman–Crippen MR) is 131 cm³/mol. The third kappa shape index (κ3) is 4.36. The summed E-state index contributed by atoms with van der Waals surface area (Å²) in [5.41, 5.74) is 2.53. The summed E-state index contributed by atoms with van der Waals surface area (Å²) in [4.78, 5) is 40.3. The highest BCUT2D eigenvalue weighted by atomic mass is 35.5. The lowest BCUT2D eigenvalue weighted by Gasteiger charge is -2.19. The van der Waals surface area contributed by atoms with Gasteiger partial charge in [-0.05, 0) is 35.9 Å². The molecule has 0 spiro atoms. The zero-order chi connectivity index (χ0) is 24.5. The van der Waals surface area contributed by atoms with Crippen molar-refractivity contribution in [2.45, 2.75) is 25.3 Å². The summed E-state index contributed by atoms with van der Waals surface area (Å²) in [5.74, 6) is -1.04. The van der Waals surface area contributed by atoms with E-state index in [1.165, 1.54) is 11.3 Å². The second kappa shape index (κ2) is 9.23. The van der Waals surface area contributed by atoms with Gasteiger partial charge in [0, 0.05) is 34.3 Å². The topological polar surface area (TPSA) is 116 Å². The largest absolute Gasteiger partial charge is 0.481 e. The van der Waals surface area contributed by atoms with Crippen LogP contribution >= 0.6 is 11.6 Å². The molecule has 176 valence electrons. The Morgan fingerprint density at radius 1 is 1.06 bits per heavy atom. The Kier molecular flexibility index (Phi) is 5.96. The Morgan fingerprint density at radius 2 is 1.83 bits per heavy atom. The third-order valence-corrected chi connectivity index (χ3v) is 6.19. The maximum Gasteiger partial charge on any atom is 0.303 e. The number of furan rings is 1. The van der Waals surface area contributed by atoms with Crippen LogP contribution < -0.4 is 5.56 Å². The number of hydrazone groups is 1. The first-order chi connectivity index (χ1) is 16.9. The van der Waals surface area contributed by atoms with Crippen LogP contribution in [0, 0.1) is 0 Å². The Bertz CT molecular complexity index is 1510. The predicted octanol–water partition coefficient (Wildman–Crippen LogP) is 4.98. The number of carboxylic acids is 1. The molecule has 2 aromatic heterocycles. The Labute approximate surface area is 204 Å². The molecule has 9 heteroatoms. The zero-order valence-corrected chi connectivity index (χ0v) is 19.2. The van der Waals surface area contributed by atoms with Gasteiger partial charge >= 0.3 is 5.97 Å². The smallest absolute Gasteiger partial charge is 0.303 e. The second-order valence-corrected chi connectivity index (χ2v) is 8.61. The van der Waals surface area contributed by atoms with Gasteiger partial charge in [0.1, 0.15) is 11.8 Å². The lowest BCUT2D eigenvalue weighted by Crippen LogP contribution is -2.27. The van der Waals surface area contributed by atoms with E-state index >= 15 is 0 Å². The monoisotopic (exact) mass is 489 g/mol. The number of carboxylic acid groups (broad SMARTS) is 1. The molecular formula is C26H20ClN3O5. The molecule has 2 N–H and O–H groups in total. The number of carbonyl (C=O) groups is 2. The molecule has 4 aromatic rings. The minimum atomic E-state index is -1.08. The molecule has 1 amide bonds. The lowest BCUT2D eigenvalue weighted by molar-refractivity contribution is -0.141. The molecule has 0 saturated carbocycles. The molecule has 0 bridgehead atoms. The molecule has 8 nitrogen and oxygen atoms in total. The molecule has 0 fully saturated rings. The molecular weight excluding hydrogens is 470 g/mol. The average molecular weight is 490 g/mol. The van der Waals surface area contributed by atoms with Gasteiger partial charge in [0.2, 0.25) is 5.91 Å². The molecule has 35 heavy (non-hydrogen) atoms. The van der Waals surface area contributed by atoms with Crippen molar-refractivity contribution < 1.29 is 19.1 Å². The van der Waals surface area contributed by atoms with Crippen molar-refractivity contribution in [2.24, 2.45) is 5.10 Å². The number of hydrogen-bond acceptors (Lipinski definition) is 5. The summed E-state index contributed by atoms with van der Waals surface area (Å²) < 4.78 is 5.55. The first-order valence-electron chi connectivity index (χ1n) is 11.0. The molecule has 1 aliphatic heterocycles. The van der Waals surface area contributed by atoms with Gasteiger partial charge in [0.15, 0.2) is 0 Å². The highest BCUT2D eigenvalue weighted by molar-refractivity contribution is 6.30. The molecule has 1 atom stereocenters. The zero-order valence-electron chi connectivity index (χ0n) is 18.4. The van der Waals surface area contributed by atoms with E-state index in [0.717, 1.165) is 10.9 Å². The van der Waals surface area contributed by atoms with E-state index in [4.69, 9.17) is 21.1 Å². The van der Waals surface area contributed by atoms with Crippen LogP contribution in [0.5, 0.6) is 0 Å². The van der Waals surface area contributed by atoms with Gasteiger partial charge in [-0.2, -0.15) is 5.10 Å². The van der Waals surface area contributed by atoms with Crippen molar-refractivity contribution in [1.29, 1.82) is 0 Å². The molecule has 0 radical (unpaired) electrons. The van der Waals surface area contributed by atoms with Crippen molar-refractivity contribution in [3.8, 4) is 11.1 Å². The number of amides is 1. The number of fused-ring (bicyclic) bond motifs is 1. The van der Waals surface area contributed by atoms with Crippen LogP contribution in [0.15, 0.2) is 81.2 Å². The van der Waals surface area contributed by atoms with Gasteiger partial charge in [0.05, 0.1) is 24.0 Å². The molecule has 5 rings (SSSR count). The summed E-state index contributed by atoms with van der Waals surface area (Å²) in [6, 6.07) is 17.5. The molecule has 2 aromatic carbocycles. The van der Waals surface area contributed by atoms with Crippen LogP contribution in [0.25, 0.3) is 22.0 Å². The van der Waals surface area contributed by atoms with E-state index in [1.807, 2.05) is 36.4 Å². The summed E-state index contributed by atoms with van der Waals surface area (Å²) in [6.45, 7) is 0. The van der Waals surface area contributed by atoms with Crippen LogP contribution in [-0.2, 0) is 9.59 Å². The summed E-state index contributed by atoms with van der Waals surface area (Å²) >= 11 is 6.11. The van der Waals surface area contributed by atoms with Gasteiger partial charge in [-0.15, -0.1) is 0 Å². The van der Waals surface area contributed by atoms with Crippen molar-refractivity contribution in [1.82, 2.24) is 9.99 Å². The number of carbonyl (C=O) groups excluding carboxylic acids is 1. The number of nitrogens with zero attached hydrogens (tertiary/aromatic N) is 2. The number of benzene rings is 2. The molecule has 0 aliphatic carbocycles. The van der Waals surface area contributed by atoms with Crippen LogP contribution in [0.2, 0.25) is 5.02 Å². The van der Waals surface area contributed by atoms with Crippen LogP contribution in [0.3, 0.4) is 0 Å². The Hall–Kier alpha value is -4.17. The molecule has 3 heterocycles. The fourth-order valence-electron chi connectivity index (χ4n) is 4.36. The SMILES string of the molecule is O=C(O)CCC(=O)N1N=C(c2c(-c3ccc(Cl)cc3)c3ccccc3[nH]c2=O)C[C@@H]1c1ccco1. The van der Waals surface area contributed by atoms with Gasteiger partial charge in [-0.25, -0.2) is 5.01 Å². The number of aromatic amines is 1. The van der Waals surface area contributed by atoms with Gasteiger partial charge in [-0.1, -0.05) is 41.9 Å². The van der Waals surface area contributed by atoms with E-state index in [9.17, 15) is 14.4 Å². The highest BCUT2D eigenvalue weighted by Crippen LogP contribution is 2.37. The molecule has 1 aliphatic rings. The quantitative estimate of drug-likeness (QED) is 0.396. The van der Waals surface area contributed by atoms with E-state index in [-0.39, 0.29) is 24.8 Å². The molecule has 0 unspecified atom stereocenters. The van der Waals surface area contributed by atoms with Crippen molar-refractivity contribution in [3.05, 3.63) is 93.6 Å². The minimum absolute atomic E-state index is 0.221. The number of nitrogens with one attached hydrogen (secondary N) is 1. The number of aliphatic carboxylic acids is 1. The number of hydrogen-bond donors (Lipinski definition) is 2. The lowest BCUT2D eigenvalue weighted by atomic mass is 9.92. The first kappa shape index (κ1) is 22.6. The number of rotatable bonds is 6. The van der Waals surface area contributed by atoms with Crippen molar-refractivity contribution >= 4 is 40.1 Å². The van der Waals surface area contributed by atoms with Crippen molar-refractivity contribution in [3.63, 3.8) is 0 Å². The van der Waals surface area contributed by atoms with Gasteiger partial charge in [-0.3, -0.25) is 14.4 Å². The van der Waals surface area contributed by atoms with Crippen LogP contribution in [-0.4, -0.2) is 32.7 Å². The Morgan fingerprint density at radius 3 is 2.54 bits per heavy atom. The van der Waals surface area contributed by atoms with E-state index < -0.39 is 17.9 Å². The number of para-hydroxylation sites is 1. The summed E-state index contributed by atoms with van der Waals surface area (Å²) in [5, 5.41) is 16.2. The molecule has 0 saturated heterocycles. The van der Waals surface area contributed by atoms with Crippen LogP contribution in [0.1, 0.15) is 36.6 Å². The summed E-state index contributed by atoms with van der Waals surface area (Å²) in [6.07, 6.45) is 1.18. The fraction of sp³-hybridized carbons (Fsp3) is 0.154. The Balaban J connectivity index is 1.68. The minimum Gasteiger partial charge on any atom is -0.481 e. The third-order valence-electron chi connectivity index (χ3n) is 5.93. The summed E-state index contributed by atoms with van der Waals surface area (Å²) in [7, 11) is 0. The second-order valence-electron chi connectivity index (χ2n) is 8.17. The van der Waals surface area contributed by atoms with Crippen LogP contribution in [0.4, 0.5) is 0 Å². The first-order valence-corrected chi connectivity index (χ1v) is 11.4. The number of aromatic nitrogens is 1. The van der Waals surface area contributed by atoms with E-state index in [1.54, 1.807) is 24.3 Å². The fourth-order valence-corrected chi connectivity index (χ4v) is 4.48. The van der Waals surface area contributed by atoms with Crippen molar-refractivity contribution in [2.75, 3.05) is 0 Å². The number of halogens is 1. The van der Waals surface area contributed by atoms with Gasteiger partial charge in [0.25, 0.3) is 5.56 Å². The average Bonchev–Trinajstić information content (AvgIpc) is 3.52. The number of H-pyrrole nitrogens is 1. The standard InChI is InChI=1S/C26H20ClN3O5/c27-16-9-7-15(8-10-16)24-17-4-1-2-5-18(17)28-26(34)25(24)19-14-20(21-6-3-13-35-21)30(29-19)22(31)11-12-23(32)33/h1-10,13,20H,11-12,14H2,(H,28,34)(H,32,33)/t20-/m1/s1. The highest BCUT2D eigenvalue weighted by Gasteiger charge is 2.36. The normalized spacial score (nSPS) is 15.4.